The highest BCUT2D eigenvalue weighted by Gasteiger charge is 2.26. The van der Waals surface area contributed by atoms with Crippen LogP contribution in [-0.2, 0) is 14.6 Å². The summed E-state index contributed by atoms with van der Waals surface area (Å²) in [5.74, 6) is -1.24. The molecular formula is C12H16FNO3S. The number of amides is 1. The molecule has 4 nitrogen and oxygen atoms in total. The first kappa shape index (κ1) is 14.6. The predicted octanol–water partition coefficient (Wildman–Crippen LogP) is 1.90. The number of carbonyl (C=O) groups excluding carboxylic acids is 1. The van der Waals surface area contributed by atoms with Crippen LogP contribution in [0.5, 0.6) is 0 Å². The fourth-order valence-corrected chi connectivity index (χ4v) is 2.26. The van der Waals surface area contributed by atoms with E-state index in [0.29, 0.717) is 5.56 Å². The smallest absolute Gasteiger partial charge is 0.242 e. The fourth-order valence-electron chi connectivity index (χ4n) is 1.38. The Morgan fingerprint density at radius 3 is 2.61 bits per heavy atom. The number of halogens is 1. The first-order chi connectivity index (χ1) is 8.27. The maximum absolute atomic E-state index is 13.0. The van der Waals surface area contributed by atoms with Gasteiger partial charge in [-0.3, -0.25) is 4.79 Å². The van der Waals surface area contributed by atoms with Crippen molar-refractivity contribution in [3.05, 3.63) is 29.6 Å². The molecule has 6 heteroatoms. The van der Waals surface area contributed by atoms with E-state index >= 15 is 0 Å². The van der Waals surface area contributed by atoms with E-state index in [2.05, 4.69) is 5.32 Å². The zero-order valence-electron chi connectivity index (χ0n) is 10.5. The molecule has 1 N–H and O–H groups in total. The van der Waals surface area contributed by atoms with Crippen LogP contribution in [0.1, 0.15) is 19.4 Å². The van der Waals surface area contributed by atoms with E-state index in [0.717, 1.165) is 0 Å². The van der Waals surface area contributed by atoms with Gasteiger partial charge in [-0.15, -0.1) is 0 Å². The summed E-state index contributed by atoms with van der Waals surface area (Å²) in [5.41, 5.74) is 0.962. The van der Waals surface area contributed by atoms with Crippen LogP contribution in [0.3, 0.4) is 0 Å². The number of hydrogen-bond donors (Lipinski definition) is 1. The minimum absolute atomic E-state index is 0.107. The molecule has 0 heterocycles. The minimum Gasteiger partial charge on any atom is -0.325 e. The molecule has 0 aromatic heterocycles. The number of aryl methyl sites for hydroxylation is 1. The largest absolute Gasteiger partial charge is 0.325 e. The number of rotatable bonds is 4. The standard InChI is InChI=1S/C12H16FNO3S/c1-4-18(16,17)9(3)12(15)14-11-7-10(13)6-5-8(11)2/h5-7,9H,4H2,1-3H3,(H,14,15). The van der Waals surface area contributed by atoms with Gasteiger partial charge in [0.1, 0.15) is 11.1 Å². The van der Waals surface area contributed by atoms with Gasteiger partial charge in [-0.2, -0.15) is 0 Å². The van der Waals surface area contributed by atoms with Gasteiger partial charge in [0.25, 0.3) is 0 Å². The highest BCUT2D eigenvalue weighted by molar-refractivity contribution is 7.92. The third-order valence-corrected chi connectivity index (χ3v) is 4.86. The van der Waals surface area contributed by atoms with Crippen LogP contribution in [0.4, 0.5) is 10.1 Å². The maximum Gasteiger partial charge on any atom is 0.242 e. The second-order valence-corrected chi connectivity index (χ2v) is 6.65. The van der Waals surface area contributed by atoms with Gasteiger partial charge in [0, 0.05) is 11.4 Å². The molecule has 1 unspecified atom stereocenters. The first-order valence-corrected chi connectivity index (χ1v) is 7.28. The zero-order valence-corrected chi connectivity index (χ0v) is 11.3. The van der Waals surface area contributed by atoms with E-state index in [1.807, 2.05) is 0 Å². The Balaban J connectivity index is 2.92. The van der Waals surface area contributed by atoms with E-state index < -0.39 is 26.8 Å². The molecule has 0 spiro atoms. The second kappa shape index (κ2) is 5.48. The van der Waals surface area contributed by atoms with Crippen molar-refractivity contribution in [1.29, 1.82) is 0 Å². The maximum atomic E-state index is 13.0. The minimum atomic E-state index is -3.45. The summed E-state index contributed by atoms with van der Waals surface area (Å²) in [7, 11) is -3.45. The van der Waals surface area contributed by atoms with Crippen LogP contribution in [0.2, 0.25) is 0 Å². The Kier molecular flexibility index (Phi) is 4.45. The van der Waals surface area contributed by atoms with Gasteiger partial charge >= 0.3 is 0 Å². The average molecular weight is 273 g/mol. The van der Waals surface area contributed by atoms with Gasteiger partial charge in [-0.05, 0) is 31.5 Å². The summed E-state index contributed by atoms with van der Waals surface area (Å²) in [6.07, 6.45) is 0. The average Bonchev–Trinajstić information content (AvgIpc) is 2.32. The van der Waals surface area contributed by atoms with Crippen LogP contribution < -0.4 is 5.32 Å². The first-order valence-electron chi connectivity index (χ1n) is 5.56. The monoisotopic (exact) mass is 273 g/mol. The molecule has 0 saturated heterocycles. The van der Waals surface area contributed by atoms with Crippen LogP contribution in [-0.4, -0.2) is 25.3 Å². The molecule has 1 rings (SSSR count). The molecule has 0 bridgehead atoms. The van der Waals surface area contributed by atoms with Crippen molar-refractivity contribution in [2.75, 3.05) is 11.1 Å². The number of sulfone groups is 1. The number of nitrogens with one attached hydrogen (secondary N) is 1. The van der Waals surface area contributed by atoms with Crippen LogP contribution in [0, 0.1) is 12.7 Å². The third kappa shape index (κ3) is 3.29. The Labute approximate surface area is 106 Å². The van der Waals surface area contributed by atoms with Crippen LogP contribution >= 0.6 is 0 Å². The molecule has 0 aliphatic heterocycles. The van der Waals surface area contributed by atoms with Crippen molar-refractivity contribution in [2.45, 2.75) is 26.0 Å². The fraction of sp³-hybridized carbons (Fsp3) is 0.417. The summed E-state index contributed by atoms with van der Waals surface area (Å²) in [5, 5.41) is 1.29. The lowest BCUT2D eigenvalue weighted by molar-refractivity contribution is -0.115. The number of benzene rings is 1. The molecule has 1 amide bonds. The molecule has 100 valence electrons. The van der Waals surface area contributed by atoms with Gasteiger partial charge in [-0.25, -0.2) is 12.8 Å². The lowest BCUT2D eigenvalue weighted by atomic mass is 10.2. The molecule has 18 heavy (non-hydrogen) atoms. The van der Waals surface area contributed by atoms with E-state index in [9.17, 15) is 17.6 Å². The highest BCUT2D eigenvalue weighted by atomic mass is 32.2. The Morgan fingerprint density at radius 2 is 2.06 bits per heavy atom. The molecule has 0 aliphatic carbocycles. The van der Waals surface area contributed by atoms with E-state index in [1.165, 1.54) is 32.0 Å². The second-order valence-electron chi connectivity index (χ2n) is 4.04. The summed E-state index contributed by atoms with van der Waals surface area (Å²) < 4.78 is 36.1. The zero-order chi connectivity index (χ0) is 13.9. The molecule has 0 radical (unpaired) electrons. The van der Waals surface area contributed by atoms with Crippen LogP contribution in [0.25, 0.3) is 0 Å². The molecular weight excluding hydrogens is 257 g/mol. The summed E-state index contributed by atoms with van der Waals surface area (Å²) in [6, 6.07) is 3.96. The van der Waals surface area contributed by atoms with Gasteiger partial charge in [0.15, 0.2) is 9.84 Å². The quantitative estimate of drug-likeness (QED) is 0.911. The summed E-state index contributed by atoms with van der Waals surface area (Å²) in [4.78, 5) is 11.8. The molecule has 0 aliphatic rings. The molecule has 0 saturated carbocycles. The van der Waals surface area contributed by atoms with Gasteiger partial charge in [0.2, 0.25) is 5.91 Å². The Bertz CT molecular complexity index is 554. The van der Waals surface area contributed by atoms with Crippen molar-refractivity contribution in [3.63, 3.8) is 0 Å². The van der Waals surface area contributed by atoms with Crippen molar-refractivity contribution >= 4 is 21.4 Å². The van der Waals surface area contributed by atoms with Crippen molar-refractivity contribution < 1.29 is 17.6 Å². The van der Waals surface area contributed by atoms with Gasteiger partial charge in [0.05, 0.1) is 0 Å². The van der Waals surface area contributed by atoms with E-state index in [1.54, 1.807) is 6.92 Å². The summed E-state index contributed by atoms with van der Waals surface area (Å²) in [6.45, 7) is 4.50. The van der Waals surface area contributed by atoms with Crippen molar-refractivity contribution in [1.82, 2.24) is 0 Å². The predicted molar refractivity (Wildman–Crippen MR) is 68.7 cm³/mol. The topological polar surface area (TPSA) is 63.2 Å². The Morgan fingerprint density at radius 1 is 1.44 bits per heavy atom. The highest BCUT2D eigenvalue weighted by Crippen LogP contribution is 2.17. The van der Waals surface area contributed by atoms with Gasteiger partial charge < -0.3 is 5.32 Å². The number of carbonyl (C=O) groups is 1. The molecule has 1 aromatic rings. The lowest BCUT2D eigenvalue weighted by Crippen LogP contribution is -2.33. The van der Waals surface area contributed by atoms with Crippen LogP contribution in [0.15, 0.2) is 18.2 Å². The van der Waals surface area contributed by atoms with E-state index in [-0.39, 0.29) is 11.4 Å². The molecule has 0 fully saturated rings. The van der Waals surface area contributed by atoms with Crippen molar-refractivity contribution in [2.24, 2.45) is 0 Å². The SMILES string of the molecule is CCS(=O)(=O)C(C)C(=O)Nc1cc(F)ccc1C. The van der Waals surface area contributed by atoms with Gasteiger partial charge in [-0.1, -0.05) is 13.0 Å². The third-order valence-electron chi connectivity index (χ3n) is 2.77. The Hall–Kier alpha value is -1.43. The van der Waals surface area contributed by atoms with E-state index in [4.69, 9.17) is 0 Å². The summed E-state index contributed by atoms with van der Waals surface area (Å²) >= 11 is 0. The van der Waals surface area contributed by atoms with Crippen molar-refractivity contribution in [3.8, 4) is 0 Å². The molecule has 1 atom stereocenters. The molecule has 1 aromatic carbocycles. The number of hydrogen-bond acceptors (Lipinski definition) is 3. The lowest BCUT2D eigenvalue weighted by Gasteiger charge is -2.13. The normalized spacial score (nSPS) is 13.1. The number of anilines is 1.